The molecule has 2 aromatic rings. The van der Waals surface area contributed by atoms with Gasteiger partial charge in [0.2, 0.25) is 0 Å². The van der Waals surface area contributed by atoms with Gasteiger partial charge in [0.1, 0.15) is 0 Å². The summed E-state index contributed by atoms with van der Waals surface area (Å²) >= 11 is 0. The third-order valence-corrected chi connectivity index (χ3v) is 4.39. The lowest BCUT2D eigenvalue weighted by Crippen LogP contribution is -2.43. The fourth-order valence-electron chi connectivity index (χ4n) is 3.38. The summed E-state index contributed by atoms with van der Waals surface area (Å²) in [5.41, 5.74) is 5.08. The van der Waals surface area contributed by atoms with Crippen LogP contribution in [0.25, 0.3) is 11.1 Å². The summed E-state index contributed by atoms with van der Waals surface area (Å²) in [5.74, 6) is -0.793. The largest absolute Gasteiger partial charge is 0.331 e. The van der Waals surface area contributed by atoms with Crippen LogP contribution in [0, 0.1) is 0 Å². The monoisotopic (exact) mass is 263 g/mol. The number of amides is 1. The maximum atomic E-state index is 12.2. The number of likely N-dealkylation sites (N-methyl/N-ethyl adjacent to an activating group) is 1. The van der Waals surface area contributed by atoms with Crippen LogP contribution < -0.4 is 0 Å². The Labute approximate surface area is 116 Å². The first-order valence-electron chi connectivity index (χ1n) is 6.71. The van der Waals surface area contributed by atoms with Crippen molar-refractivity contribution in [3.05, 3.63) is 59.2 Å². The average molecular weight is 263 g/mol. The lowest BCUT2D eigenvalue weighted by molar-refractivity contribution is -0.128. The van der Waals surface area contributed by atoms with Crippen LogP contribution >= 0.6 is 0 Å². The maximum absolute atomic E-state index is 12.2. The van der Waals surface area contributed by atoms with E-state index in [0.29, 0.717) is 5.56 Å². The van der Waals surface area contributed by atoms with E-state index < -0.39 is 5.91 Å². The molecule has 0 fully saturated rings. The number of fused-ring (bicyclic) bond motifs is 2. The van der Waals surface area contributed by atoms with Gasteiger partial charge in [0.25, 0.3) is 11.7 Å². The van der Waals surface area contributed by atoms with E-state index in [1.54, 1.807) is 18.0 Å². The van der Waals surface area contributed by atoms with Gasteiger partial charge in [-0.05, 0) is 28.7 Å². The van der Waals surface area contributed by atoms with Crippen molar-refractivity contribution in [2.75, 3.05) is 7.05 Å². The van der Waals surface area contributed by atoms with Gasteiger partial charge in [0.15, 0.2) is 0 Å². The number of benzene rings is 2. The summed E-state index contributed by atoms with van der Waals surface area (Å²) in [7, 11) is 1.72. The number of ketones is 1. The number of hydrogen-bond acceptors (Lipinski definition) is 2. The molecule has 4 rings (SSSR count). The van der Waals surface area contributed by atoms with E-state index in [2.05, 4.69) is 12.1 Å². The fourth-order valence-corrected chi connectivity index (χ4v) is 3.38. The molecule has 98 valence electrons. The van der Waals surface area contributed by atoms with Crippen molar-refractivity contribution in [3.63, 3.8) is 0 Å². The van der Waals surface area contributed by atoms with Crippen molar-refractivity contribution in [1.82, 2.24) is 4.90 Å². The molecule has 0 radical (unpaired) electrons. The van der Waals surface area contributed by atoms with E-state index in [9.17, 15) is 9.59 Å². The van der Waals surface area contributed by atoms with Gasteiger partial charge in [-0.3, -0.25) is 9.59 Å². The van der Waals surface area contributed by atoms with Gasteiger partial charge in [-0.2, -0.15) is 0 Å². The van der Waals surface area contributed by atoms with Crippen molar-refractivity contribution in [2.24, 2.45) is 0 Å². The highest BCUT2D eigenvalue weighted by Crippen LogP contribution is 2.44. The first kappa shape index (κ1) is 11.4. The highest BCUT2D eigenvalue weighted by atomic mass is 16.2. The molecule has 0 aromatic heterocycles. The van der Waals surface area contributed by atoms with Crippen LogP contribution in [0.1, 0.15) is 27.5 Å². The Hall–Kier alpha value is -2.42. The predicted molar refractivity (Wildman–Crippen MR) is 75.4 cm³/mol. The highest BCUT2D eigenvalue weighted by Gasteiger charge is 2.40. The second-order valence-corrected chi connectivity index (χ2v) is 5.39. The normalized spacial score (nSPS) is 19.6. The quantitative estimate of drug-likeness (QED) is 0.685. The molecule has 3 nitrogen and oxygen atoms in total. The summed E-state index contributed by atoms with van der Waals surface area (Å²) < 4.78 is 0. The molecule has 0 bridgehead atoms. The second-order valence-electron chi connectivity index (χ2n) is 5.39. The zero-order chi connectivity index (χ0) is 13.9. The third kappa shape index (κ3) is 1.29. The van der Waals surface area contributed by atoms with E-state index in [1.165, 1.54) is 11.1 Å². The molecule has 1 heterocycles. The molecule has 0 spiro atoms. The van der Waals surface area contributed by atoms with Crippen LogP contribution in [0.4, 0.5) is 0 Å². The van der Waals surface area contributed by atoms with Crippen molar-refractivity contribution in [2.45, 2.75) is 12.5 Å². The van der Waals surface area contributed by atoms with Crippen LogP contribution in [0.5, 0.6) is 0 Å². The minimum absolute atomic E-state index is 0.0266. The first-order valence-corrected chi connectivity index (χ1v) is 6.71. The maximum Gasteiger partial charge on any atom is 0.295 e. The summed E-state index contributed by atoms with van der Waals surface area (Å²) in [6, 6.07) is 13.9. The molecule has 2 aromatic carbocycles. The van der Waals surface area contributed by atoms with Crippen LogP contribution in [-0.2, 0) is 11.2 Å². The number of Topliss-reactive ketones (excluding diaryl/α,β-unsaturated/α-hetero) is 1. The average Bonchev–Trinajstić information content (AvgIpc) is 2.50. The standard InChI is InChI=1S/C17H13NO2/c1-18-14-9-10-5-2-3-6-11(10)12-7-4-8-13(15(12)14)16(19)17(18)20/h2-8,14H,9H2,1H3. The Balaban J connectivity index is 2.08. The van der Waals surface area contributed by atoms with Crippen LogP contribution in [0.15, 0.2) is 42.5 Å². The van der Waals surface area contributed by atoms with Crippen molar-refractivity contribution in [3.8, 4) is 11.1 Å². The smallest absolute Gasteiger partial charge is 0.295 e. The molecule has 1 amide bonds. The highest BCUT2D eigenvalue weighted by molar-refractivity contribution is 6.44. The molecule has 1 atom stereocenters. The van der Waals surface area contributed by atoms with E-state index >= 15 is 0 Å². The predicted octanol–water partition coefficient (Wildman–Crippen LogP) is 2.61. The molecule has 1 unspecified atom stereocenters. The van der Waals surface area contributed by atoms with Crippen LogP contribution in [0.2, 0.25) is 0 Å². The Morgan fingerprint density at radius 3 is 2.50 bits per heavy atom. The van der Waals surface area contributed by atoms with Gasteiger partial charge in [-0.15, -0.1) is 0 Å². The molecular formula is C17H13NO2. The third-order valence-electron chi connectivity index (χ3n) is 4.39. The number of carbonyl (C=O) groups is 2. The number of rotatable bonds is 0. The van der Waals surface area contributed by atoms with Crippen molar-refractivity contribution >= 4 is 11.7 Å². The van der Waals surface area contributed by atoms with E-state index in [4.69, 9.17) is 0 Å². The second kappa shape index (κ2) is 3.79. The van der Waals surface area contributed by atoms with Crippen LogP contribution in [-0.4, -0.2) is 23.6 Å². The Morgan fingerprint density at radius 1 is 0.950 bits per heavy atom. The van der Waals surface area contributed by atoms with Crippen LogP contribution in [0.3, 0.4) is 0 Å². The molecule has 3 heteroatoms. The molecule has 2 aliphatic rings. The van der Waals surface area contributed by atoms with Gasteiger partial charge in [-0.25, -0.2) is 0 Å². The zero-order valence-electron chi connectivity index (χ0n) is 11.1. The van der Waals surface area contributed by atoms with Gasteiger partial charge >= 0.3 is 0 Å². The van der Waals surface area contributed by atoms with Crippen molar-refractivity contribution in [1.29, 1.82) is 0 Å². The molecule has 1 aliphatic carbocycles. The van der Waals surface area contributed by atoms with E-state index in [1.807, 2.05) is 24.3 Å². The zero-order valence-corrected chi connectivity index (χ0v) is 11.1. The minimum Gasteiger partial charge on any atom is -0.331 e. The van der Waals surface area contributed by atoms with Crippen molar-refractivity contribution < 1.29 is 9.59 Å². The van der Waals surface area contributed by atoms with E-state index in [-0.39, 0.29) is 11.8 Å². The number of nitrogens with zero attached hydrogens (tertiary/aromatic N) is 1. The number of carbonyl (C=O) groups excluding carboxylic acids is 2. The molecule has 1 aliphatic heterocycles. The molecule has 0 saturated heterocycles. The Morgan fingerprint density at radius 2 is 1.65 bits per heavy atom. The summed E-state index contributed by atoms with van der Waals surface area (Å²) in [6.45, 7) is 0. The fraction of sp³-hybridized carbons (Fsp3) is 0.176. The first-order chi connectivity index (χ1) is 9.68. The lowest BCUT2D eigenvalue weighted by Gasteiger charge is -2.38. The Bertz CT molecular complexity index is 763. The molecular weight excluding hydrogens is 250 g/mol. The van der Waals surface area contributed by atoms with Gasteiger partial charge in [-0.1, -0.05) is 42.5 Å². The molecule has 0 saturated carbocycles. The Kier molecular flexibility index (Phi) is 2.16. The summed E-state index contributed by atoms with van der Waals surface area (Å²) in [4.78, 5) is 25.9. The van der Waals surface area contributed by atoms with Gasteiger partial charge in [0.05, 0.1) is 6.04 Å². The van der Waals surface area contributed by atoms with E-state index in [0.717, 1.165) is 17.5 Å². The summed E-state index contributed by atoms with van der Waals surface area (Å²) in [6.07, 6.45) is 0.774. The topological polar surface area (TPSA) is 37.4 Å². The summed E-state index contributed by atoms with van der Waals surface area (Å²) in [5, 5.41) is 0. The SMILES string of the molecule is CN1C(=O)C(=O)c2cccc3c2C1Cc1ccccc1-3. The lowest BCUT2D eigenvalue weighted by atomic mass is 9.77. The molecule has 20 heavy (non-hydrogen) atoms. The van der Waals surface area contributed by atoms with Gasteiger partial charge in [0, 0.05) is 12.6 Å². The minimum atomic E-state index is -0.404. The number of hydrogen-bond donors (Lipinski definition) is 0. The van der Waals surface area contributed by atoms with Gasteiger partial charge < -0.3 is 4.90 Å². The molecule has 0 N–H and O–H groups in total.